The average Bonchev–Trinajstić information content (AvgIpc) is 1.84. The van der Waals surface area contributed by atoms with Crippen molar-refractivity contribution in [3.63, 3.8) is 0 Å². The summed E-state index contributed by atoms with van der Waals surface area (Å²) in [6.45, 7) is 5.78. The van der Waals surface area contributed by atoms with Crippen molar-refractivity contribution < 1.29 is 9.47 Å². The van der Waals surface area contributed by atoms with Gasteiger partial charge in [0.25, 0.3) is 0 Å². The summed E-state index contributed by atoms with van der Waals surface area (Å²) < 4.78 is 10.3. The first-order chi connectivity index (χ1) is 5.13. The molecule has 0 N–H and O–H groups in total. The minimum atomic E-state index is -0.184. The van der Waals surface area contributed by atoms with Gasteiger partial charge in [-0.1, -0.05) is 13.8 Å². The molecular weight excluding hydrogens is 139 g/mol. The fourth-order valence-electron chi connectivity index (χ4n) is 1.40. The topological polar surface area (TPSA) is 18.5 Å². The van der Waals surface area contributed by atoms with E-state index in [0.29, 0.717) is 5.92 Å². The van der Waals surface area contributed by atoms with Crippen LogP contribution < -0.4 is 0 Å². The number of hydrogen-bond donors (Lipinski definition) is 0. The molecule has 0 aromatic carbocycles. The molecule has 3 heteroatoms. The third kappa shape index (κ3) is 1.32. The highest BCUT2D eigenvalue weighted by Gasteiger charge is 2.45. The molecule has 1 rings (SSSR count). The maximum atomic E-state index is 5.81. The van der Waals surface area contributed by atoms with Crippen LogP contribution in [-0.2, 0) is 9.47 Å². The molecule has 0 bridgehead atoms. The minimum absolute atomic E-state index is 0.0642. The van der Waals surface area contributed by atoms with Gasteiger partial charge >= 0.3 is 0 Å². The number of methoxy groups -OCH3 is 1. The van der Waals surface area contributed by atoms with Crippen LogP contribution in [-0.4, -0.2) is 34.2 Å². The van der Waals surface area contributed by atoms with Gasteiger partial charge in [-0.25, -0.2) is 0 Å². The Bertz CT molecular complexity index is 132. The molecule has 2 nitrogen and oxygen atoms in total. The first-order valence-electron chi connectivity index (χ1n) is 3.99. The number of hydrogen-bond acceptors (Lipinski definition) is 2. The molecule has 1 aliphatic rings. The van der Waals surface area contributed by atoms with E-state index in [1.807, 2.05) is 0 Å². The first-order valence-corrected chi connectivity index (χ1v) is 3.99. The Balaban J connectivity index is 2.59. The first kappa shape index (κ1) is 9.08. The molecule has 0 spiro atoms. The van der Waals surface area contributed by atoms with Crippen LogP contribution in [0.25, 0.3) is 0 Å². The summed E-state index contributed by atoms with van der Waals surface area (Å²) in [7, 11) is 7.46. The standard InChI is InChI=1S/C8H15BO2/c1-6(2)8(4-11-5-8)7(9)10-3/h6-7H,4-5H2,1-3H3. The van der Waals surface area contributed by atoms with Crippen molar-refractivity contribution in [3.05, 3.63) is 0 Å². The van der Waals surface area contributed by atoms with Gasteiger partial charge in [-0.2, -0.15) is 0 Å². The lowest BCUT2D eigenvalue weighted by Crippen LogP contribution is -2.55. The van der Waals surface area contributed by atoms with Crippen LogP contribution in [0.1, 0.15) is 13.8 Å². The fraction of sp³-hybridized carbons (Fsp3) is 1.00. The lowest BCUT2D eigenvalue weighted by molar-refractivity contribution is -0.180. The summed E-state index contributed by atoms with van der Waals surface area (Å²) in [5.74, 6) is 0.520. The summed E-state index contributed by atoms with van der Waals surface area (Å²) in [6.07, 6.45) is 0. The molecule has 1 saturated heterocycles. The molecule has 0 amide bonds. The van der Waals surface area contributed by atoms with E-state index in [1.54, 1.807) is 7.11 Å². The SMILES string of the molecule is [B]C(OC)C1(C(C)C)COC1. The molecule has 62 valence electrons. The number of ether oxygens (including phenoxy) is 2. The average molecular weight is 154 g/mol. The van der Waals surface area contributed by atoms with E-state index in [0.717, 1.165) is 13.2 Å². The zero-order valence-electron chi connectivity index (χ0n) is 7.46. The Labute approximate surface area is 69.7 Å². The van der Waals surface area contributed by atoms with Gasteiger partial charge in [0, 0.05) is 18.5 Å². The maximum absolute atomic E-state index is 5.81. The lowest BCUT2D eigenvalue weighted by Gasteiger charge is -2.48. The zero-order chi connectivity index (χ0) is 8.48. The third-order valence-electron chi connectivity index (χ3n) is 2.71. The van der Waals surface area contributed by atoms with E-state index in [4.69, 9.17) is 17.3 Å². The normalized spacial score (nSPS) is 24.7. The Morgan fingerprint density at radius 3 is 2.09 bits per heavy atom. The van der Waals surface area contributed by atoms with Crippen LogP contribution in [0, 0.1) is 11.3 Å². The Hall–Kier alpha value is -0.0151. The van der Waals surface area contributed by atoms with Crippen molar-refractivity contribution in [1.82, 2.24) is 0 Å². The van der Waals surface area contributed by atoms with E-state index < -0.39 is 0 Å². The molecule has 0 aliphatic carbocycles. The summed E-state index contributed by atoms with van der Waals surface area (Å²) in [4.78, 5) is 0. The van der Waals surface area contributed by atoms with Gasteiger partial charge in [0.2, 0.25) is 0 Å². The van der Waals surface area contributed by atoms with Gasteiger partial charge in [0.15, 0.2) is 0 Å². The van der Waals surface area contributed by atoms with Crippen LogP contribution in [0.5, 0.6) is 0 Å². The molecule has 11 heavy (non-hydrogen) atoms. The van der Waals surface area contributed by atoms with Crippen molar-refractivity contribution in [3.8, 4) is 0 Å². The van der Waals surface area contributed by atoms with E-state index in [1.165, 1.54) is 0 Å². The van der Waals surface area contributed by atoms with E-state index in [-0.39, 0.29) is 11.4 Å². The predicted molar refractivity (Wildman–Crippen MR) is 44.6 cm³/mol. The summed E-state index contributed by atoms with van der Waals surface area (Å²) in [5, 5.41) is 0. The smallest absolute Gasteiger partial charge is 0.109 e. The van der Waals surface area contributed by atoms with Crippen LogP contribution in [0.3, 0.4) is 0 Å². The highest BCUT2D eigenvalue weighted by atomic mass is 16.5. The van der Waals surface area contributed by atoms with E-state index in [2.05, 4.69) is 13.8 Å². The van der Waals surface area contributed by atoms with Crippen LogP contribution in [0.2, 0.25) is 0 Å². The second kappa shape index (κ2) is 3.15. The Kier molecular flexibility index (Phi) is 2.60. The second-order valence-corrected chi connectivity index (χ2v) is 3.54. The zero-order valence-corrected chi connectivity index (χ0v) is 7.46. The molecule has 1 fully saturated rings. The third-order valence-corrected chi connectivity index (χ3v) is 2.71. The van der Waals surface area contributed by atoms with Gasteiger partial charge < -0.3 is 9.47 Å². The van der Waals surface area contributed by atoms with Crippen LogP contribution >= 0.6 is 0 Å². The minimum Gasteiger partial charge on any atom is -0.390 e. The maximum Gasteiger partial charge on any atom is 0.109 e. The quantitative estimate of drug-likeness (QED) is 0.559. The molecule has 1 unspecified atom stereocenters. The monoisotopic (exact) mass is 154 g/mol. The van der Waals surface area contributed by atoms with E-state index in [9.17, 15) is 0 Å². The van der Waals surface area contributed by atoms with Crippen molar-refractivity contribution in [1.29, 1.82) is 0 Å². The molecule has 0 saturated carbocycles. The molecular formula is C8H15BO2. The molecule has 1 aliphatic heterocycles. The van der Waals surface area contributed by atoms with Crippen molar-refractivity contribution >= 4 is 7.85 Å². The van der Waals surface area contributed by atoms with Gasteiger partial charge in [-0.15, -0.1) is 0 Å². The highest BCUT2D eigenvalue weighted by molar-refractivity contribution is 6.11. The fourth-order valence-corrected chi connectivity index (χ4v) is 1.40. The highest BCUT2D eigenvalue weighted by Crippen LogP contribution is 2.39. The predicted octanol–water partition coefficient (Wildman–Crippen LogP) is 0.800. The summed E-state index contributed by atoms with van der Waals surface area (Å²) >= 11 is 0. The van der Waals surface area contributed by atoms with Crippen molar-refractivity contribution in [2.24, 2.45) is 11.3 Å². The molecule has 0 aromatic heterocycles. The van der Waals surface area contributed by atoms with Crippen molar-refractivity contribution in [2.45, 2.75) is 19.9 Å². The van der Waals surface area contributed by atoms with Gasteiger partial charge in [0.05, 0.1) is 13.2 Å². The lowest BCUT2D eigenvalue weighted by atomic mass is 9.64. The Morgan fingerprint density at radius 1 is 1.45 bits per heavy atom. The number of rotatable bonds is 3. The largest absolute Gasteiger partial charge is 0.390 e. The second-order valence-electron chi connectivity index (χ2n) is 3.54. The van der Waals surface area contributed by atoms with Crippen LogP contribution in [0.15, 0.2) is 0 Å². The molecule has 0 aromatic rings. The van der Waals surface area contributed by atoms with Gasteiger partial charge in [-0.05, 0) is 5.92 Å². The molecule has 2 radical (unpaired) electrons. The summed E-state index contributed by atoms with van der Waals surface area (Å²) in [6, 6.07) is -0.184. The van der Waals surface area contributed by atoms with Gasteiger partial charge in [0.1, 0.15) is 7.85 Å². The Morgan fingerprint density at radius 2 is 2.00 bits per heavy atom. The van der Waals surface area contributed by atoms with E-state index >= 15 is 0 Å². The molecule has 1 atom stereocenters. The van der Waals surface area contributed by atoms with Gasteiger partial charge in [-0.3, -0.25) is 0 Å². The van der Waals surface area contributed by atoms with Crippen LogP contribution in [0.4, 0.5) is 0 Å². The van der Waals surface area contributed by atoms with Crippen molar-refractivity contribution in [2.75, 3.05) is 20.3 Å². The molecule has 1 heterocycles. The summed E-state index contributed by atoms with van der Waals surface area (Å²) in [5.41, 5.74) is 0.0642.